The molecule has 4 nitrogen and oxygen atoms in total. The first-order valence-corrected chi connectivity index (χ1v) is 9.19. The summed E-state index contributed by atoms with van der Waals surface area (Å²) < 4.78 is 5.43. The first-order chi connectivity index (χ1) is 10.9. The van der Waals surface area contributed by atoms with Crippen molar-refractivity contribution in [1.29, 1.82) is 5.26 Å². The Labute approximate surface area is 141 Å². The third-order valence-corrected chi connectivity index (χ3v) is 6.23. The van der Waals surface area contributed by atoms with Crippen LogP contribution in [0.5, 0.6) is 0 Å². The minimum Gasteiger partial charge on any atom is -0.368 e. The number of rotatable bonds is 2. The first kappa shape index (κ1) is 16.5. The van der Waals surface area contributed by atoms with Crippen molar-refractivity contribution in [2.24, 2.45) is 11.3 Å². The predicted molar refractivity (Wildman–Crippen MR) is 91.6 cm³/mol. The molecule has 2 atom stereocenters. The van der Waals surface area contributed by atoms with Crippen molar-refractivity contribution in [2.45, 2.75) is 59.0 Å². The van der Waals surface area contributed by atoms with E-state index in [0.29, 0.717) is 23.1 Å². The average molecular weight is 332 g/mol. The van der Waals surface area contributed by atoms with E-state index in [1.165, 1.54) is 4.88 Å². The Morgan fingerprint density at radius 3 is 2.78 bits per heavy atom. The van der Waals surface area contributed by atoms with E-state index in [-0.39, 0.29) is 17.4 Å². The van der Waals surface area contributed by atoms with Gasteiger partial charge in [-0.05, 0) is 49.0 Å². The average Bonchev–Trinajstić information content (AvgIpc) is 3.12. The quantitative estimate of drug-likeness (QED) is 0.894. The zero-order valence-electron chi connectivity index (χ0n) is 14.1. The second kappa shape index (κ2) is 6.26. The van der Waals surface area contributed by atoms with E-state index < -0.39 is 0 Å². The number of nitrogens with one attached hydrogen (secondary N) is 1. The predicted octanol–water partition coefficient (Wildman–Crippen LogP) is 3.89. The lowest BCUT2D eigenvalue weighted by molar-refractivity contribution is -0.124. The van der Waals surface area contributed by atoms with Gasteiger partial charge in [-0.25, -0.2) is 0 Å². The first-order valence-electron chi connectivity index (χ1n) is 8.37. The molecule has 2 heterocycles. The third-order valence-electron chi connectivity index (χ3n) is 5.06. The summed E-state index contributed by atoms with van der Waals surface area (Å²) in [5.41, 5.74) is 2.10. The second-order valence-corrected chi connectivity index (χ2v) is 8.72. The van der Waals surface area contributed by atoms with Crippen LogP contribution in [0, 0.1) is 22.7 Å². The minimum absolute atomic E-state index is 0.107. The Balaban J connectivity index is 1.82. The highest BCUT2D eigenvalue weighted by molar-refractivity contribution is 7.16. The molecule has 0 saturated carbocycles. The molecule has 0 radical (unpaired) electrons. The fourth-order valence-electron chi connectivity index (χ4n) is 3.51. The van der Waals surface area contributed by atoms with Gasteiger partial charge in [0.25, 0.3) is 5.91 Å². The number of nitrogens with zero attached hydrogens (tertiary/aromatic N) is 1. The molecule has 1 amide bonds. The number of carbonyl (C=O) groups excluding carboxylic acids is 1. The fraction of sp³-hybridized carbons (Fsp3) is 0.667. The summed E-state index contributed by atoms with van der Waals surface area (Å²) in [6.45, 7) is 7.49. The van der Waals surface area contributed by atoms with E-state index in [0.717, 1.165) is 37.7 Å². The van der Waals surface area contributed by atoms with Crippen LogP contribution < -0.4 is 5.32 Å². The van der Waals surface area contributed by atoms with Crippen molar-refractivity contribution in [3.05, 3.63) is 16.0 Å². The highest BCUT2D eigenvalue weighted by Gasteiger charge is 2.33. The van der Waals surface area contributed by atoms with Gasteiger partial charge in [-0.3, -0.25) is 4.79 Å². The number of anilines is 1. The number of amides is 1. The number of thiophene rings is 1. The number of hydrogen-bond acceptors (Lipinski definition) is 4. The molecule has 1 saturated heterocycles. The van der Waals surface area contributed by atoms with Crippen LogP contribution in [-0.4, -0.2) is 18.6 Å². The van der Waals surface area contributed by atoms with Crippen LogP contribution in [0.3, 0.4) is 0 Å². The van der Waals surface area contributed by atoms with E-state index >= 15 is 0 Å². The number of carbonyl (C=O) groups is 1. The number of ether oxygens (including phenoxy) is 1. The van der Waals surface area contributed by atoms with Gasteiger partial charge >= 0.3 is 0 Å². The van der Waals surface area contributed by atoms with Crippen LogP contribution in [0.4, 0.5) is 5.00 Å². The van der Waals surface area contributed by atoms with E-state index in [1.807, 2.05) is 0 Å². The monoisotopic (exact) mass is 332 g/mol. The SMILES string of the molecule is CC(C)(C)C1CCc2c(sc(NC(=O)C3CCCO3)c2C#N)C1. The van der Waals surface area contributed by atoms with Gasteiger partial charge in [-0.2, -0.15) is 5.26 Å². The molecule has 2 aliphatic rings. The summed E-state index contributed by atoms with van der Waals surface area (Å²) in [6, 6.07) is 2.31. The Kier molecular flexibility index (Phi) is 4.48. The maximum Gasteiger partial charge on any atom is 0.254 e. The Hall–Kier alpha value is -1.38. The topological polar surface area (TPSA) is 62.1 Å². The molecule has 5 heteroatoms. The molecule has 0 aromatic carbocycles. The third kappa shape index (κ3) is 3.29. The van der Waals surface area contributed by atoms with Gasteiger partial charge in [0.15, 0.2) is 0 Å². The lowest BCUT2D eigenvalue weighted by Gasteiger charge is -2.33. The maximum atomic E-state index is 12.3. The normalized spacial score (nSPS) is 24.1. The standard InChI is InChI=1S/C18H24N2O2S/c1-18(2,3)11-6-7-12-13(10-19)17(23-15(12)9-11)20-16(21)14-5-4-8-22-14/h11,14H,4-9H2,1-3H3,(H,20,21). The summed E-state index contributed by atoms with van der Waals surface area (Å²) in [7, 11) is 0. The zero-order chi connectivity index (χ0) is 16.6. The van der Waals surface area contributed by atoms with E-state index in [4.69, 9.17) is 4.74 Å². The van der Waals surface area contributed by atoms with Gasteiger partial charge < -0.3 is 10.1 Å². The highest BCUT2D eigenvalue weighted by Crippen LogP contribution is 2.44. The number of nitriles is 1. The molecule has 0 spiro atoms. The number of hydrogen-bond donors (Lipinski definition) is 1. The molecule has 1 aliphatic carbocycles. The molecule has 1 aromatic rings. The summed E-state index contributed by atoms with van der Waals surface area (Å²) in [5, 5.41) is 13.2. The molecule has 0 bridgehead atoms. The fourth-order valence-corrected chi connectivity index (χ4v) is 4.79. The second-order valence-electron chi connectivity index (χ2n) is 7.62. The minimum atomic E-state index is -0.358. The Bertz CT molecular complexity index is 645. The van der Waals surface area contributed by atoms with Gasteiger partial charge in [0.1, 0.15) is 17.2 Å². The van der Waals surface area contributed by atoms with Gasteiger partial charge in [-0.15, -0.1) is 11.3 Å². The summed E-state index contributed by atoms with van der Waals surface area (Å²) in [5.74, 6) is 0.520. The Morgan fingerprint density at radius 2 is 2.17 bits per heavy atom. The number of fused-ring (bicyclic) bond motifs is 1. The van der Waals surface area contributed by atoms with E-state index in [2.05, 4.69) is 32.2 Å². The smallest absolute Gasteiger partial charge is 0.254 e. The molecular formula is C18H24N2O2S. The van der Waals surface area contributed by atoms with E-state index in [1.54, 1.807) is 11.3 Å². The largest absolute Gasteiger partial charge is 0.368 e. The van der Waals surface area contributed by atoms with Crippen LogP contribution in [0.15, 0.2) is 0 Å². The summed E-state index contributed by atoms with van der Waals surface area (Å²) >= 11 is 1.58. The Morgan fingerprint density at radius 1 is 1.39 bits per heavy atom. The molecule has 1 N–H and O–H groups in total. The highest BCUT2D eigenvalue weighted by atomic mass is 32.1. The van der Waals surface area contributed by atoms with Crippen LogP contribution >= 0.6 is 11.3 Å². The maximum absolute atomic E-state index is 12.3. The molecule has 23 heavy (non-hydrogen) atoms. The summed E-state index contributed by atoms with van der Waals surface area (Å²) in [6.07, 6.45) is 4.40. The molecule has 2 unspecified atom stereocenters. The molecule has 124 valence electrons. The molecule has 1 aliphatic heterocycles. The van der Waals surface area contributed by atoms with Crippen molar-refractivity contribution >= 4 is 22.2 Å². The van der Waals surface area contributed by atoms with E-state index in [9.17, 15) is 10.1 Å². The van der Waals surface area contributed by atoms with Crippen molar-refractivity contribution in [1.82, 2.24) is 0 Å². The molecule has 3 rings (SSSR count). The van der Waals surface area contributed by atoms with Gasteiger partial charge in [0.05, 0.1) is 5.56 Å². The van der Waals surface area contributed by atoms with Crippen molar-refractivity contribution < 1.29 is 9.53 Å². The van der Waals surface area contributed by atoms with Crippen molar-refractivity contribution in [3.8, 4) is 6.07 Å². The van der Waals surface area contributed by atoms with Crippen LogP contribution in [0.1, 0.15) is 56.0 Å². The van der Waals surface area contributed by atoms with Crippen LogP contribution in [0.2, 0.25) is 0 Å². The van der Waals surface area contributed by atoms with Crippen LogP contribution in [-0.2, 0) is 22.4 Å². The molecule has 1 fully saturated rings. The zero-order valence-corrected chi connectivity index (χ0v) is 14.9. The summed E-state index contributed by atoms with van der Waals surface area (Å²) in [4.78, 5) is 13.6. The molecule has 1 aromatic heterocycles. The lowest BCUT2D eigenvalue weighted by Crippen LogP contribution is -2.26. The van der Waals surface area contributed by atoms with Crippen LogP contribution in [0.25, 0.3) is 0 Å². The van der Waals surface area contributed by atoms with Gasteiger partial charge in [-0.1, -0.05) is 20.8 Å². The molecular weight excluding hydrogens is 308 g/mol. The lowest BCUT2D eigenvalue weighted by atomic mass is 9.72. The van der Waals surface area contributed by atoms with Gasteiger partial charge in [0.2, 0.25) is 0 Å². The van der Waals surface area contributed by atoms with Crippen molar-refractivity contribution in [3.63, 3.8) is 0 Å². The van der Waals surface area contributed by atoms with Gasteiger partial charge in [0, 0.05) is 11.5 Å². The van der Waals surface area contributed by atoms with Crippen molar-refractivity contribution in [2.75, 3.05) is 11.9 Å².